The van der Waals surface area contributed by atoms with E-state index in [0.29, 0.717) is 13.0 Å². The Hall–Kier alpha value is -1.01. The van der Waals surface area contributed by atoms with Crippen molar-refractivity contribution < 1.29 is 4.79 Å². The third-order valence-electron chi connectivity index (χ3n) is 2.26. The molecule has 0 saturated carbocycles. The summed E-state index contributed by atoms with van der Waals surface area (Å²) in [5, 5.41) is 0. The maximum absolute atomic E-state index is 11.2. The minimum atomic E-state index is -0.281. The van der Waals surface area contributed by atoms with Crippen molar-refractivity contribution in [2.45, 2.75) is 31.8 Å². The second-order valence-corrected chi connectivity index (χ2v) is 3.07. The fourth-order valence-corrected chi connectivity index (χ4v) is 1.42. The number of amides is 1. The lowest BCUT2D eigenvalue weighted by atomic mass is 10.0. The lowest BCUT2D eigenvalue weighted by Crippen LogP contribution is -2.63. The van der Waals surface area contributed by atoms with E-state index in [2.05, 4.69) is 5.92 Å². The van der Waals surface area contributed by atoms with Crippen LogP contribution >= 0.6 is 0 Å². The third-order valence-corrected chi connectivity index (χ3v) is 2.26. The van der Waals surface area contributed by atoms with E-state index < -0.39 is 0 Å². The molecule has 2 unspecified atom stereocenters. The number of nitrogens with two attached hydrogens (primary N) is 1. The molecule has 66 valence electrons. The molecule has 1 saturated heterocycles. The Morgan fingerprint density at radius 2 is 2.58 bits per heavy atom. The van der Waals surface area contributed by atoms with E-state index in [-0.39, 0.29) is 18.0 Å². The molecule has 12 heavy (non-hydrogen) atoms. The Balaban J connectivity index is 2.47. The van der Waals surface area contributed by atoms with Crippen LogP contribution in [0.5, 0.6) is 0 Å². The van der Waals surface area contributed by atoms with Crippen LogP contribution in [0.1, 0.15) is 19.8 Å². The number of likely N-dealkylation sites (tertiary alicyclic amines) is 1. The summed E-state index contributed by atoms with van der Waals surface area (Å²) < 4.78 is 0. The van der Waals surface area contributed by atoms with Crippen LogP contribution in [0.15, 0.2) is 0 Å². The predicted octanol–water partition coefficient (Wildman–Crippen LogP) is -0.0422. The predicted molar refractivity (Wildman–Crippen MR) is 47.2 cm³/mol. The molecule has 2 atom stereocenters. The van der Waals surface area contributed by atoms with Gasteiger partial charge in [0.2, 0.25) is 5.91 Å². The van der Waals surface area contributed by atoms with Crippen molar-refractivity contribution in [3.8, 4) is 12.3 Å². The van der Waals surface area contributed by atoms with Gasteiger partial charge in [-0.3, -0.25) is 4.79 Å². The zero-order valence-corrected chi connectivity index (χ0v) is 7.29. The summed E-state index contributed by atoms with van der Waals surface area (Å²) in [6.45, 7) is 2.69. The van der Waals surface area contributed by atoms with Crippen molar-refractivity contribution >= 4 is 5.91 Å². The number of β-lactam (4-membered cyclic amide) rings is 1. The molecule has 1 amide bonds. The van der Waals surface area contributed by atoms with Crippen LogP contribution in [0.2, 0.25) is 0 Å². The molecule has 0 aromatic rings. The van der Waals surface area contributed by atoms with Gasteiger partial charge >= 0.3 is 0 Å². The number of carbonyl (C=O) groups excluding carboxylic acids is 1. The van der Waals surface area contributed by atoms with Crippen LogP contribution in [0.25, 0.3) is 0 Å². The molecule has 0 aliphatic carbocycles. The summed E-state index contributed by atoms with van der Waals surface area (Å²) in [6.07, 6.45) is 6.72. The summed E-state index contributed by atoms with van der Waals surface area (Å²) in [5.41, 5.74) is 5.46. The third kappa shape index (κ3) is 1.44. The van der Waals surface area contributed by atoms with E-state index in [0.717, 1.165) is 6.42 Å². The highest BCUT2D eigenvalue weighted by Crippen LogP contribution is 2.17. The van der Waals surface area contributed by atoms with Crippen molar-refractivity contribution in [3.63, 3.8) is 0 Å². The molecule has 0 spiro atoms. The van der Waals surface area contributed by atoms with Crippen molar-refractivity contribution in [1.82, 2.24) is 4.90 Å². The molecule has 2 N–H and O–H groups in total. The summed E-state index contributed by atoms with van der Waals surface area (Å²) in [7, 11) is 0. The lowest BCUT2D eigenvalue weighted by molar-refractivity contribution is -0.145. The molecule has 1 aliphatic rings. The standard InChI is InChI=1S/C9H14N2O/c1-3-5-7(4-2)11-6-8(10)9(11)12/h1,7-8H,4-6,10H2,2H3. The molecule has 1 heterocycles. The highest BCUT2D eigenvalue weighted by molar-refractivity contribution is 5.88. The van der Waals surface area contributed by atoms with Gasteiger partial charge in [-0.25, -0.2) is 0 Å². The molecule has 0 bridgehead atoms. The van der Waals surface area contributed by atoms with Crippen molar-refractivity contribution in [3.05, 3.63) is 0 Å². The zero-order valence-electron chi connectivity index (χ0n) is 7.29. The summed E-state index contributed by atoms with van der Waals surface area (Å²) in [6, 6.07) is -0.0841. The number of carbonyl (C=O) groups is 1. The molecule has 3 heteroatoms. The quantitative estimate of drug-likeness (QED) is 0.472. The zero-order chi connectivity index (χ0) is 9.14. The number of hydrogen-bond donors (Lipinski definition) is 1. The molecule has 1 aliphatic heterocycles. The lowest BCUT2D eigenvalue weighted by Gasteiger charge is -2.41. The van der Waals surface area contributed by atoms with Crippen LogP contribution in [-0.2, 0) is 4.79 Å². The Kier molecular flexibility index (Phi) is 2.72. The average molecular weight is 166 g/mol. The molecular formula is C9H14N2O. The van der Waals surface area contributed by atoms with Gasteiger partial charge in [0.25, 0.3) is 0 Å². The van der Waals surface area contributed by atoms with Crippen LogP contribution in [-0.4, -0.2) is 29.4 Å². The smallest absolute Gasteiger partial charge is 0.241 e. The number of hydrogen-bond acceptors (Lipinski definition) is 2. The van der Waals surface area contributed by atoms with Crippen molar-refractivity contribution in [2.24, 2.45) is 5.73 Å². The van der Waals surface area contributed by atoms with Gasteiger partial charge < -0.3 is 10.6 Å². The van der Waals surface area contributed by atoms with Gasteiger partial charge in [0.15, 0.2) is 0 Å². The van der Waals surface area contributed by atoms with Crippen LogP contribution in [0, 0.1) is 12.3 Å². The monoisotopic (exact) mass is 166 g/mol. The molecular weight excluding hydrogens is 152 g/mol. The molecule has 1 fully saturated rings. The summed E-state index contributed by atoms with van der Waals surface area (Å²) in [5.74, 6) is 2.61. The maximum Gasteiger partial charge on any atom is 0.241 e. The first-order chi connectivity index (χ1) is 5.70. The second-order valence-electron chi connectivity index (χ2n) is 3.07. The average Bonchev–Trinajstić information content (AvgIpc) is 2.10. The first-order valence-electron chi connectivity index (χ1n) is 4.20. The van der Waals surface area contributed by atoms with Gasteiger partial charge in [-0.2, -0.15) is 0 Å². The molecule has 0 aromatic heterocycles. The Morgan fingerprint density at radius 3 is 2.92 bits per heavy atom. The highest BCUT2D eigenvalue weighted by atomic mass is 16.2. The van der Waals surface area contributed by atoms with Crippen molar-refractivity contribution in [2.75, 3.05) is 6.54 Å². The van der Waals surface area contributed by atoms with Crippen LogP contribution in [0.3, 0.4) is 0 Å². The molecule has 0 radical (unpaired) electrons. The molecule has 3 nitrogen and oxygen atoms in total. The van der Waals surface area contributed by atoms with Gasteiger partial charge in [-0.15, -0.1) is 12.3 Å². The Labute approximate surface area is 72.9 Å². The van der Waals surface area contributed by atoms with Gasteiger partial charge in [0.1, 0.15) is 6.04 Å². The van der Waals surface area contributed by atoms with Gasteiger partial charge in [0.05, 0.1) is 0 Å². The first-order valence-corrected chi connectivity index (χ1v) is 4.20. The van der Waals surface area contributed by atoms with E-state index in [4.69, 9.17) is 12.2 Å². The van der Waals surface area contributed by atoms with E-state index >= 15 is 0 Å². The van der Waals surface area contributed by atoms with Crippen molar-refractivity contribution in [1.29, 1.82) is 0 Å². The number of rotatable bonds is 3. The van der Waals surface area contributed by atoms with Gasteiger partial charge in [-0.05, 0) is 6.42 Å². The largest absolute Gasteiger partial charge is 0.335 e. The molecule has 1 rings (SSSR count). The van der Waals surface area contributed by atoms with E-state index in [1.807, 2.05) is 6.92 Å². The Morgan fingerprint density at radius 1 is 1.92 bits per heavy atom. The summed E-state index contributed by atoms with van der Waals surface area (Å²) in [4.78, 5) is 12.9. The van der Waals surface area contributed by atoms with Crippen LogP contribution < -0.4 is 5.73 Å². The fourth-order valence-electron chi connectivity index (χ4n) is 1.42. The van der Waals surface area contributed by atoms with Crippen LogP contribution in [0.4, 0.5) is 0 Å². The second kappa shape index (κ2) is 3.59. The molecule has 0 aromatic carbocycles. The Bertz CT molecular complexity index is 219. The minimum Gasteiger partial charge on any atom is -0.335 e. The minimum absolute atomic E-state index is 0.0390. The fraction of sp³-hybridized carbons (Fsp3) is 0.667. The van der Waals surface area contributed by atoms with E-state index in [1.54, 1.807) is 4.90 Å². The van der Waals surface area contributed by atoms with E-state index in [1.165, 1.54) is 0 Å². The topological polar surface area (TPSA) is 46.3 Å². The number of terminal acetylenes is 1. The number of nitrogens with zero attached hydrogens (tertiary/aromatic N) is 1. The highest BCUT2D eigenvalue weighted by Gasteiger charge is 2.36. The van der Waals surface area contributed by atoms with Gasteiger partial charge in [-0.1, -0.05) is 6.92 Å². The SMILES string of the molecule is C#CCC(CC)N1CC(N)C1=O. The maximum atomic E-state index is 11.2. The van der Waals surface area contributed by atoms with E-state index in [9.17, 15) is 4.79 Å². The summed E-state index contributed by atoms with van der Waals surface area (Å²) >= 11 is 0. The normalized spacial score (nSPS) is 24.6. The first kappa shape index (κ1) is 9.08. The van der Waals surface area contributed by atoms with Gasteiger partial charge in [0, 0.05) is 19.0 Å².